The van der Waals surface area contributed by atoms with E-state index in [1.807, 2.05) is 0 Å². The lowest BCUT2D eigenvalue weighted by Crippen LogP contribution is -2.42. The minimum Gasteiger partial charge on any atom is -0.414 e. The molecule has 0 fully saturated rings. The van der Waals surface area contributed by atoms with Crippen LogP contribution in [-0.2, 0) is 21.9 Å². The topological polar surface area (TPSA) is 9.23 Å². The molecule has 1 nitrogen and oxygen atoms in total. The Kier molecular flexibility index (Phi) is 5.03. The summed E-state index contributed by atoms with van der Waals surface area (Å²) >= 11 is 0. The molecule has 2 unspecified atom stereocenters. The third-order valence-corrected chi connectivity index (χ3v) is 6.93. The summed E-state index contributed by atoms with van der Waals surface area (Å²) in [7, 11) is 0.684. The molecule has 0 aromatic heterocycles. The van der Waals surface area contributed by atoms with Gasteiger partial charge in [-0.25, -0.2) is 0 Å². The summed E-state index contributed by atoms with van der Waals surface area (Å²) in [6.07, 6.45) is 2.20. The van der Waals surface area contributed by atoms with Crippen LogP contribution < -0.4 is 0 Å². The van der Waals surface area contributed by atoms with E-state index in [0.29, 0.717) is 16.4 Å². The largest absolute Gasteiger partial charge is 0.414 e. The maximum atomic E-state index is 6.66. The fourth-order valence-corrected chi connectivity index (χ4v) is 5.83. The molecule has 2 atom stereocenters. The van der Waals surface area contributed by atoms with Gasteiger partial charge in [0.2, 0.25) is 0 Å². The van der Waals surface area contributed by atoms with Crippen molar-refractivity contribution >= 4 is 10.5 Å². The second kappa shape index (κ2) is 7.34. The predicted molar refractivity (Wildman–Crippen MR) is 121 cm³/mol. The fraction of sp³-hybridized carbons (Fsp3) is 0.308. The second-order valence-electron chi connectivity index (χ2n) is 8.89. The van der Waals surface area contributed by atoms with Gasteiger partial charge in [-0.15, -0.1) is 0 Å². The molecule has 0 N–H and O–H groups in total. The Bertz CT molecular complexity index is 943. The van der Waals surface area contributed by atoms with Crippen LogP contribution in [0.15, 0.2) is 78.9 Å². The van der Waals surface area contributed by atoms with Crippen LogP contribution in [0.2, 0.25) is 0 Å². The first kappa shape index (κ1) is 19.2. The van der Waals surface area contributed by atoms with Gasteiger partial charge in [0.25, 0.3) is 0 Å². The summed E-state index contributed by atoms with van der Waals surface area (Å²) in [5, 5.41) is 0. The van der Waals surface area contributed by atoms with Gasteiger partial charge in [0.15, 0.2) is 0 Å². The zero-order chi connectivity index (χ0) is 19.8. The molecule has 0 amide bonds. The van der Waals surface area contributed by atoms with Gasteiger partial charge in [0.1, 0.15) is 16.1 Å². The highest BCUT2D eigenvalue weighted by molar-refractivity contribution is 5.98. The summed E-state index contributed by atoms with van der Waals surface area (Å²) in [6.45, 7) is 6.95. The van der Waals surface area contributed by atoms with Crippen molar-refractivity contribution in [3.05, 3.63) is 107 Å². The van der Waals surface area contributed by atoms with Gasteiger partial charge >= 0.3 is 0 Å². The quantitative estimate of drug-likeness (QED) is 0.558. The van der Waals surface area contributed by atoms with E-state index >= 15 is 0 Å². The Morgan fingerprint density at radius 3 is 2.11 bits per heavy atom. The molecule has 144 valence electrons. The summed E-state index contributed by atoms with van der Waals surface area (Å²) in [4.78, 5) is 0. The number of hydrogen-bond acceptors (Lipinski definition) is 1. The van der Waals surface area contributed by atoms with Crippen molar-refractivity contribution in [2.24, 2.45) is 0 Å². The molecular weight excluding hydrogens is 356 g/mol. The Hall–Kier alpha value is -2.16. The van der Waals surface area contributed by atoms with Crippen molar-refractivity contribution in [3.8, 4) is 0 Å². The molecule has 0 radical (unpaired) electrons. The van der Waals surface area contributed by atoms with Gasteiger partial charge in [0, 0.05) is 5.92 Å². The van der Waals surface area contributed by atoms with Gasteiger partial charge in [-0.1, -0.05) is 99.6 Å². The number of benzene rings is 3. The molecule has 0 saturated carbocycles. The highest BCUT2D eigenvalue weighted by Crippen LogP contribution is 2.53. The van der Waals surface area contributed by atoms with Crippen molar-refractivity contribution in [2.45, 2.75) is 50.5 Å². The van der Waals surface area contributed by atoms with Gasteiger partial charge < -0.3 is 4.43 Å². The van der Waals surface area contributed by atoms with Crippen molar-refractivity contribution in [1.29, 1.82) is 0 Å². The number of rotatable bonds is 3. The lowest BCUT2D eigenvalue weighted by Gasteiger charge is -2.47. The maximum Gasteiger partial charge on any atom is 0.147 e. The average Bonchev–Trinajstić information content (AvgIpc) is 2.73. The van der Waals surface area contributed by atoms with E-state index in [1.165, 1.54) is 27.8 Å². The third kappa shape index (κ3) is 3.05. The van der Waals surface area contributed by atoms with Crippen molar-refractivity contribution < 1.29 is 4.43 Å². The zero-order valence-corrected chi connectivity index (χ0v) is 19.4. The summed E-state index contributed by atoms with van der Waals surface area (Å²) in [5.74, 6) is 0.316. The summed E-state index contributed by atoms with van der Waals surface area (Å²) in [6, 6.07) is 28.6. The van der Waals surface area contributed by atoms with Crippen LogP contribution in [0.5, 0.6) is 0 Å². The molecule has 0 bridgehead atoms. The van der Waals surface area contributed by atoms with Crippen LogP contribution in [0.4, 0.5) is 0 Å². The van der Waals surface area contributed by atoms with Crippen LogP contribution in [0.3, 0.4) is 0 Å². The molecule has 4 rings (SSSR count). The second-order valence-corrected chi connectivity index (χ2v) is 9.30. The van der Waals surface area contributed by atoms with Gasteiger partial charge in [-0.05, 0) is 46.1 Å². The average molecular weight is 387 g/mol. The Morgan fingerprint density at radius 2 is 1.50 bits per heavy atom. The summed E-state index contributed by atoms with van der Waals surface area (Å²) in [5.41, 5.74) is 6.65. The first-order valence-corrected chi connectivity index (χ1v) is 11.1. The van der Waals surface area contributed by atoms with E-state index in [2.05, 4.69) is 99.6 Å². The van der Waals surface area contributed by atoms with Crippen molar-refractivity contribution in [1.82, 2.24) is 0 Å². The standard InChI is InChI=1S/C26H30OSi/c1-25(2,3)23-15-10-16-24-21(23)17-18-22(19-11-6-4-7-12-19)26(24,27-28)20-13-8-5-9-14-20/h4-16,22H,17-18H2,1-3,28H3. The Morgan fingerprint density at radius 1 is 0.857 bits per heavy atom. The minimum atomic E-state index is -0.413. The first-order chi connectivity index (χ1) is 13.5. The minimum absolute atomic E-state index is 0.124. The first-order valence-electron chi connectivity index (χ1n) is 10.3. The molecule has 3 aromatic carbocycles. The van der Waals surface area contributed by atoms with E-state index in [4.69, 9.17) is 4.43 Å². The summed E-state index contributed by atoms with van der Waals surface area (Å²) < 4.78 is 6.66. The van der Waals surface area contributed by atoms with Crippen molar-refractivity contribution in [2.75, 3.05) is 0 Å². The lowest BCUT2D eigenvalue weighted by atomic mass is 9.63. The lowest BCUT2D eigenvalue weighted by molar-refractivity contribution is 0.0767. The molecule has 1 aliphatic rings. The van der Waals surface area contributed by atoms with Crippen LogP contribution in [0.1, 0.15) is 60.9 Å². The highest BCUT2D eigenvalue weighted by Gasteiger charge is 2.47. The highest BCUT2D eigenvalue weighted by atomic mass is 28.2. The van der Waals surface area contributed by atoms with Crippen molar-refractivity contribution in [3.63, 3.8) is 0 Å². The van der Waals surface area contributed by atoms with E-state index in [1.54, 1.807) is 0 Å². The van der Waals surface area contributed by atoms with E-state index in [-0.39, 0.29) is 5.41 Å². The SMILES string of the molecule is CC(C)(C)c1cccc2c1CCC(c1ccccc1)C2(O[SiH3])c1ccccc1. The normalized spacial score (nSPS) is 22.0. The van der Waals surface area contributed by atoms with Gasteiger partial charge in [0.05, 0.1) is 0 Å². The number of fused-ring (bicyclic) bond motifs is 1. The fourth-order valence-electron chi connectivity index (χ4n) is 5.09. The molecule has 1 aliphatic carbocycles. The van der Waals surface area contributed by atoms with Crippen LogP contribution in [-0.4, -0.2) is 10.5 Å². The van der Waals surface area contributed by atoms with E-state index in [0.717, 1.165) is 12.8 Å². The van der Waals surface area contributed by atoms with Crippen LogP contribution in [0, 0.1) is 0 Å². The van der Waals surface area contributed by atoms with E-state index < -0.39 is 5.60 Å². The smallest absolute Gasteiger partial charge is 0.147 e. The Balaban J connectivity index is 2.02. The van der Waals surface area contributed by atoms with Crippen LogP contribution in [0.25, 0.3) is 0 Å². The predicted octanol–water partition coefficient (Wildman–Crippen LogP) is 5.25. The molecule has 2 heteroatoms. The van der Waals surface area contributed by atoms with E-state index in [9.17, 15) is 0 Å². The van der Waals surface area contributed by atoms with Gasteiger partial charge in [-0.3, -0.25) is 0 Å². The van der Waals surface area contributed by atoms with Crippen LogP contribution >= 0.6 is 0 Å². The molecule has 0 aliphatic heterocycles. The molecule has 0 heterocycles. The molecule has 0 spiro atoms. The number of hydrogen-bond donors (Lipinski definition) is 0. The molecular formula is C26H30OSi. The third-order valence-electron chi connectivity index (χ3n) is 6.28. The molecule has 3 aromatic rings. The maximum absolute atomic E-state index is 6.66. The van der Waals surface area contributed by atoms with Gasteiger partial charge in [-0.2, -0.15) is 0 Å². The Labute approximate surface area is 172 Å². The zero-order valence-electron chi connectivity index (χ0n) is 17.4. The molecule has 28 heavy (non-hydrogen) atoms. The molecule has 0 saturated heterocycles. The monoisotopic (exact) mass is 386 g/mol.